The quantitative estimate of drug-likeness (QED) is 0.796. The smallest absolute Gasteiger partial charge is 0.240 e. The van der Waals surface area contributed by atoms with E-state index in [1.165, 1.54) is 6.33 Å². The number of nitrogen functional groups attached to an aromatic ring is 1. The highest BCUT2D eigenvalue weighted by molar-refractivity contribution is 5.92. The monoisotopic (exact) mass is 233 g/mol. The van der Waals surface area contributed by atoms with Gasteiger partial charge in [0.1, 0.15) is 23.8 Å². The van der Waals surface area contributed by atoms with E-state index in [9.17, 15) is 4.79 Å². The Kier molecular flexibility index (Phi) is 2.49. The topological polar surface area (TPSA) is 99.8 Å². The maximum absolute atomic E-state index is 11.3. The van der Waals surface area contributed by atoms with Gasteiger partial charge in [0.15, 0.2) is 0 Å². The van der Waals surface area contributed by atoms with Gasteiger partial charge in [0.05, 0.1) is 5.39 Å². The molecule has 1 atom stereocenters. The Hall–Kier alpha value is -2.11. The highest BCUT2D eigenvalue weighted by atomic mass is 16.1. The van der Waals surface area contributed by atoms with Crippen LogP contribution in [-0.2, 0) is 4.79 Å². The molecule has 0 aliphatic rings. The highest BCUT2D eigenvalue weighted by Crippen LogP contribution is 2.29. The molecule has 90 valence electrons. The van der Waals surface area contributed by atoms with Crippen molar-refractivity contribution in [3.8, 4) is 0 Å². The molecule has 0 aliphatic heterocycles. The van der Waals surface area contributed by atoms with E-state index < -0.39 is 11.9 Å². The molecule has 0 saturated carbocycles. The number of aryl methyl sites for hydroxylation is 1. The maximum atomic E-state index is 11.3. The average Bonchev–Trinajstić information content (AvgIpc) is 2.52. The first-order chi connectivity index (χ1) is 7.95. The molecule has 2 aromatic heterocycles. The second-order valence-electron chi connectivity index (χ2n) is 4.12. The molecule has 17 heavy (non-hydrogen) atoms. The van der Waals surface area contributed by atoms with E-state index in [1.807, 2.05) is 13.8 Å². The Labute approximate surface area is 98.6 Å². The number of hydrogen-bond donors (Lipinski definition) is 2. The molecule has 0 aliphatic carbocycles. The van der Waals surface area contributed by atoms with Crippen LogP contribution in [0.15, 0.2) is 6.33 Å². The number of nitrogens with zero attached hydrogens (tertiary/aromatic N) is 3. The van der Waals surface area contributed by atoms with Gasteiger partial charge in [0, 0.05) is 5.69 Å². The van der Waals surface area contributed by atoms with E-state index in [-0.39, 0.29) is 0 Å². The summed E-state index contributed by atoms with van der Waals surface area (Å²) in [5.74, 6) is 0.0215. The fraction of sp³-hybridized carbons (Fsp3) is 0.364. The summed E-state index contributed by atoms with van der Waals surface area (Å²) in [5.41, 5.74) is 13.7. The zero-order chi connectivity index (χ0) is 12.7. The minimum Gasteiger partial charge on any atom is -0.383 e. The van der Waals surface area contributed by atoms with Crippen molar-refractivity contribution in [2.24, 2.45) is 5.73 Å². The fourth-order valence-corrected chi connectivity index (χ4v) is 2.05. The molecule has 6 heteroatoms. The van der Waals surface area contributed by atoms with Crippen molar-refractivity contribution in [2.45, 2.75) is 26.8 Å². The van der Waals surface area contributed by atoms with E-state index >= 15 is 0 Å². The molecule has 1 unspecified atom stereocenters. The van der Waals surface area contributed by atoms with Crippen LogP contribution in [0.3, 0.4) is 0 Å². The van der Waals surface area contributed by atoms with Crippen molar-refractivity contribution in [3.63, 3.8) is 0 Å². The van der Waals surface area contributed by atoms with E-state index in [4.69, 9.17) is 11.5 Å². The Morgan fingerprint density at radius 3 is 2.65 bits per heavy atom. The molecular formula is C11H15N5O. The molecule has 0 fully saturated rings. The third-order valence-corrected chi connectivity index (χ3v) is 3.16. The lowest BCUT2D eigenvalue weighted by atomic mass is 10.2. The van der Waals surface area contributed by atoms with Crippen molar-refractivity contribution < 1.29 is 4.79 Å². The molecule has 4 N–H and O–H groups in total. The van der Waals surface area contributed by atoms with E-state index in [2.05, 4.69) is 9.97 Å². The number of hydrogen-bond acceptors (Lipinski definition) is 4. The van der Waals surface area contributed by atoms with Crippen LogP contribution < -0.4 is 11.5 Å². The van der Waals surface area contributed by atoms with Gasteiger partial charge in [-0.1, -0.05) is 0 Å². The zero-order valence-corrected chi connectivity index (χ0v) is 10.1. The molecule has 0 aromatic carbocycles. The summed E-state index contributed by atoms with van der Waals surface area (Å²) < 4.78 is 1.80. The van der Waals surface area contributed by atoms with Crippen molar-refractivity contribution in [1.29, 1.82) is 0 Å². The number of primary amides is 1. The number of nitrogens with two attached hydrogens (primary N) is 2. The number of rotatable bonds is 2. The van der Waals surface area contributed by atoms with Gasteiger partial charge in [-0.25, -0.2) is 9.97 Å². The summed E-state index contributed by atoms with van der Waals surface area (Å²) >= 11 is 0. The third-order valence-electron chi connectivity index (χ3n) is 3.16. The molecule has 0 bridgehead atoms. The predicted octanol–water partition coefficient (Wildman–Crippen LogP) is 0.677. The predicted molar refractivity (Wildman–Crippen MR) is 65.3 cm³/mol. The molecular weight excluding hydrogens is 218 g/mol. The lowest BCUT2D eigenvalue weighted by Crippen LogP contribution is -2.24. The first-order valence-electron chi connectivity index (χ1n) is 5.32. The van der Waals surface area contributed by atoms with Gasteiger partial charge in [0.2, 0.25) is 5.91 Å². The van der Waals surface area contributed by atoms with Gasteiger partial charge in [0.25, 0.3) is 0 Å². The molecule has 6 nitrogen and oxygen atoms in total. The normalized spacial score (nSPS) is 12.9. The van der Waals surface area contributed by atoms with Crippen molar-refractivity contribution in [2.75, 3.05) is 5.73 Å². The number of aromatic nitrogens is 3. The molecule has 2 rings (SSSR count). The number of carbonyl (C=O) groups is 1. The summed E-state index contributed by atoms with van der Waals surface area (Å²) in [5, 5.41) is 0.790. The van der Waals surface area contributed by atoms with Crippen LogP contribution in [0.25, 0.3) is 11.0 Å². The second-order valence-corrected chi connectivity index (χ2v) is 4.12. The molecule has 2 heterocycles. The van der Waals surface area contributed by atoms with Crippen LogP contribution in [0.4, 0.5) is 5.82 Å². The number of anilines is 1. The number of amides is 1. The molecule has 0 radical (unpaired) electrons. The number of fused-ring (bicyclic) bond motifs is 1. The van der Waals surface area contributed by atoms with E-state index in [0.717, 1.165) is 16.6 Å². The Morgan fingerprint density at radius 1 is 1.41 bits per heavy atom. The zero-order valence-electron chi connectivity index (χ0n) is 10.1. The molecule has 2 aromatic rings. The van der Waals surface area contributed by atoms with Crippen molar-refractivity contribution >= 4 is 22.8 Å². The van der Waals surface area contributed by atoms with Crippen molar-refractivity contribution in [3.05, 3.63) is 17.6 Å². The van der Waals surface area contributed by atoms with Crippen LogP contribution in [0.5, 0.6) is 0 Å². The minimum atomic E-state index is -0.458. The van der Waals surface area contributed by atoms with Crippen LogP contribution in [-0.4, -0.2) is 20.4 Å². The Balaban J connectivity index is 2.85. The second kappa shape index (κ2) is 3.73. The van der Waals surface area contributed by atoms with Crippen LogP contribution >= 0.6 is 0 Å². The van der Waals surface area contributed by atoms with Gasteiger partial charge in [-0.3, -0.25) is 4.79 Å². The lowest BCUT2D eigenvalue weighted by molar-refractivity contribution is -0.120. The Bertz CT molecular complexity index is 601. The van der Waals surface area contributed by atoms with Gasteiger partial charge in [-0.2, -0.15) is 0 Å². The summed E-state index contributed by atoms with van der Waals surface area (Å²) in [4.78, 5) is 19.5. The van der Waals surface area contributed by atoms with Crippen LogP contribution in [0.1, 0.15) is 24.2 Å². The van der Waals surface area contributed by atoms with E-state index in [1.54, 1.807) is 11.5 Å². The highest BCUT2D eigenvalue weighted by Gasteiger charge is 2.21. The largest absolute Gasteiger partial charge is 0.383 e. The fourth-order valence-electron chi connectivity index (χ4n) is 2.05. The summed E-state index contributed by atoms with van der Waals surface area (Å²) in [6, 6.07) is -0.458. The minimum absolute atomic E-state index is 0.401. The summed E-state index contributed by atoms with van der Waals surface area (Å²) in [7, 11) is 0. The summed E-state index contributed by atoms with van der Waals surface area (Å²) in [6.45, 7) is 5.59. The van der Waals surface area contributed by atoms with Gasteiger partial charge in [-0.15, -0.1) is 0 Å². The SMILES string of the molecule is Cc1c(C)n(C(C)C(N)=O)c2ncnc(N)c12. The summed E-state index contributed by atoms with van der Waals surface area (Å²) in [6.07, 6.45) is 1.39. The first-order valence-corrected chi connectivity index (χ1v) is 5.32. The van der Waals surface area contributed by atoms with E-state index in [0.29, 0.717) is 11.5 Å². The average molecular weight is 233 g/mol. The first kappa shape index (κ1) is 11.4. The van der Waals surface area contributed by atoms with Crippen molar-refractivity contribution in [1.82, 2.24) is 14.5 Å². The van der Waals surface area contributed by atoms with Crippen LogP contribution in [0.2, 0.25) is 0 Å². The van der Waals surface area contributed by atoms with Gasteiger partial charge >= 0.3 is 0 Å². The Morgan fingerprint density at radius 2 is 2.06 bits per heavy atom. The lowest BCUT2D eigenvalue weighted by Gasteiger charge is -2.13. The number of carbonyl (C=O) groups excluding carboxylic acids is 1. The van der Waals surface area contributed by atoms with Gasteiger partial charge in [-0.05, 0) is 26.3 Å². The van der Waals surface area contributed by atoms with Gasteiger partial charge < -0.3 is 16.0 Å². The molecule has 0 saturated heterocycles. The standard InChI is InChI=1S/C11H15N5O/c1-5-6(2)16(7(3)10(13)17)11-8(5)9(12)14-4-15-11/h4,7H,1-3H3,(H2,13,17)(H2,12,14,15). The van der Waals surface area contributed by atoms with Crippen LogP contribution in [0, 0.1) is 13.8 Å². The molecule has 1 amide bonds. The third kappa shape index (κ3) is 1.52. The molecule has 0 spiro atoms. The maximum Gasteiger partial charge on any atom is 0.240 e.